The summed E-state index contributed by atoms with van der Waals surface area (Å²) in [4.78, 5) is 16.0. The molecule has 108 valence electrons. The zero-order valence-corrected chi connectivity index (χ0v) is 12.0. The van der Waals surface area contributed by atoms with E-state index in [0.717, 1.165) is 18.6 Å². The highest BCUT2D eigenvalue weighted by Gasteiger charge is 2.44. The maximum atomic E-state index is 12.1. The van der Waals surface area contributed by atoms with E-state index in [1.54, 1.807) is 31.6 Å². The normalized spacial score (nSPS) is 15.3. The zero-order chi connectivity index (χ0) is 14.7. The number of nitrogens with zero attached hydrogens (tertiary/aromatic N) is 1. The Kier molecular flexibility index (Phi) is 3.60. The van der Waals surface area contributed by atoms with Gasteiger partial charge < -0.3 is 10.1 Å². The molecule has 1 fully saturated rings. The van der Waals surface area contributed by atoms with Gasteiger partial charge in [0.25, 0.3) is 5.91 Å². The van der Waals surface area contributed by atoms with Gasteiger partial charge in [-0.1, -0.05) is 12.1 Å². The van der Waals surface area contributed by atoms with Gasteiger partial charge in [-0.2, -0.15) is 0 Å². The predicted molar refractivity (Wildman–Crippen MR) is 80.5 cm³/mol. The molecule has 1 aromatic heterocycles. The Hall–Kier alpha value is -2.36. The van der Waals surface area contributed by atoms with E-state index in [-0.39, 0.29) is 11.3 Å². The van der Waals surface area contributed by atoms with Gasteiger partial charge in [0.15, 0.2) is 0 Å². The molecule has 1 aliphatic carbocycles. The van der Waals surface area contributed by atoms with E-state index in [9.17, 15) is 4.79 Å². The smallest absolute Gasteiger partial charge is 0.251 e. The molecule has 1 heterocycles. The van der Waals surface area contributed by atoms with Crippen LogP contribution in [-0.4, -0.2) is 24.5 Å². The minimum atomic E-state index is -0.0443. The highest BCUT2D eigenvalue weighted by atomic mass is 16.5. The molecule has 1 aromatic carbocycles. The summed E-state index contributed by atoms with van der Waals surface area (Å²) in [5, 5.41) is 3.03. The van der Waals surface area contributed by atoms with Crippen LogP contribution in [0.25, 0.3) is 0 Å². The fraction of sp³-hybridized carbons (Fsp3) is 0.294. The van der Waals surface area contributed by atoms with Gasteiger partial charge in [0, 0.05) is 29.9 Å². The lowest BCUT2D eigenvalue weighted by atomic mass is 9.95. The summed E-state index contributed by atoms with van der Waals surface area (Å²) in [5.74, 6) is 0.813. The lowest BCUT2D eigenvalue weighted by Crippen LogP contribution is -2.32. The van der Waals surface area contributed by atoms with Gasteiger partial charge in [-0.05, 0) is 42.7 Å². The summed E-state index contributed by atoms with van der Waals surface area (Å²) >= 11 is 0. The molecule has 0 radical (unpaired) electrons. The molecule has 1 N–H and O–H groups in total. The van der Waals surface area contributed by atoms with Crippen LogP contribution in [0.2, 0.25) is 0 Å². The number of nitrogens with one attached hydrogen (secondary N) is 1. The number of ether oxygens (including phenoxy) is 1. The van der Waals surface area contributed by atoms with Crippen molar-refractivity contribution in [2.45, 2.75) is 18.3 Å². The van der Waals surface area contributed by atoms with Crippen LogP contribution >= 0.6 is 0 Å². The first-order valence-electron chi connectivity index (χ1n) is 7.06. The van der Waals surface area contributed by atoms with E-state index in [0.29, 0.717) is 12.1 Å². The van der Waals surface area contributed by atoms with Crippen molar-refractivity contribution >= 4 is 5.91 Å². The van der Waals surface area contributed by atoms with Crippen molar-refractivity contribution in [1.29, 1.82) is 0 Å². The molecule has 21 heavy (non-hydrogen) atoms. The molecule has 1 amide bonds. The second-order valence-corrected chi connectivity index (χ2v) is 5.43. The maximum absolute atomic E-state index is 12.1. The molecular formula is C17H18N2O2. The Morgan fingerprint density at radius 3 is 2.43 bits per heavy atom. The Morgan fingerprint density at radius 1 is 1.19 bits per heavy atom. The number of benzene rings is 1. The van der Waals surface area contributed by atoms with Gasteiger partial charge in [-0.3, -0.25) is 9.78 Å². The molecule has 4 heteroatoms. The highest BCUT2D eigenvalue weighted by molar-refractivity contribution is 5.94. The standard InChI is InChI=1S/C17H18N2O2/c1-21-15-4-2-14(3-5-15)17(8-9-17)12-19-16(20)13-6-10-18-11-7-13/h2-7,10-11H,8-9,12H2,1H3,(H,19,20). The van der Waals surface area contributed by atoms with Gasteiger partial charge in [0.2, 0.25) is 0 Å². The summed E-state index contributed by atoms with van der Waals surface area (Å²) in [6.45, 7) is 0.667. The van der Waals surface area contributed by atoms with E-state index in [1.807, 2.05) is 12.1 Å². The second-order valence-electron chi connectivity index (χ2n) is 5.43. The Bertz CT molecular complexity index is 619. The van der Waals surface area contributed by atoms with Crippen LogP contribution in [0.4, 0.5) is 0 Å². The quantitative estimate of drug-likeness (QED) is 0.917. The fourth-order valence-electron chi connectivity index (χ4n) is 2.52. The molecule has 0 atom stereocenters. The van der Waals surface area contributed by atoms with Crippen molar-refractivity contribution < 1.29 is 9.53 Å². The molecule has 3 rings (SSSR count). The average Bonchev–Trinajstić information content (AvgIpc) is 3.35. The summed E-state index contributed by atoms with van der Waals surface area (Å²) in [7, 11) is 1.66. The van der Waals surface area contributed by atoms with E-state index in [4.69, 9.17) is 4.74 Å². The van der Waals surface area contributed by atoms with Crippen LogP contribution in [0, 0.1) is 0 Å². The van der Waals surface area contributed by atoms with Crippen molar-refractivity contribution in [2.24, 2.45) is 0 Å². The van der Waals surface area contributed by atoms with Crippen LogP contribution in [-0.2, 0) is 5.41 Å². The zero-order valence-electron chi connectivity index (χ0n) is 12.0. The van der Waals surface area contributed by atoms with Gasteiger partial charge in [-0.25, -0.2) is 0 Å². The third-order valence-electron chi connectivity index (χ3n) is 4.09. The number of pyridine rings is 1. The van der Waals surface area contributed by atoms with Crippen molar-refractivity contribution in [3.05, 3.63) is 59.9 Å². The van der Waals surface area contributed by atoms with Gasteiger partial charge in [0.05, 0.1) is 7.11 Å². The molecule has 2 aromatic rings. The van der Waals surface area contributed by atoms with Crippen LogP contribution in [0.3, 0.4) is 0 Å². The first-order valence-corrected chi connectivity index (χ1v) is 7.06. The Morgan fingerprint density at radius 2 is 1.86 bits per heavy atom. The third-order valence-corrected chi connectivity index (χ3v) is 4.09. The number of carbonyl (C=O) groups is 1. The van der Waals surface area contributed by atoms with Crippen molar-refractivity contribution in [1.82, 2.24) is 10.3 Å². The first-order chi connectivity index (χ1) is 10.2. The minimum Gasteiger partial charge on any atom is -0.497 e. The Labute approximate surface area is 124 Å². The summed E-state index contributed by atoms with van der Waals surface area (Å²) in [6.07, 6.45) is 5.47. The second kappa shape index (κ2) is 5.56. The molecule has 0 bridgehead atoms. The molecule has 1 aliphatic rings. The number of hydrogen-bond acceptors (Lipinski definition) is 3. The summed E-state index contributed by atoms with van der Waals surface area (Å²) in [6, 6.07) is 11.6. The van der Waals surface area contributed by atoms with Crippen molar-refractivity contribution in [3.63, 3.8) is 0 Å². The molecule has 0 spiro atoms. The topological polar surface area (TPSA) is 51.2 Å². The number of methoxy groups -OCH3 is 1. The van der Waals surface area contributed by atoms with E-state index in [1.165, 1.54) is 5.56 Å². The predicted octanol–water partition coefficient (Wildman–Crippen LogP) is 2.55. The lowest BCUT2D eigenvalue weighted by molar-refractivity contribution is 0.0949. The number of hydrogen-bond donors (Lipinski definition) is 1. The number of carbonyl (C=O) groups excluding carboxylic acids is 1. The largest absolute Gasteiger partial charge is 0.497 e. The lowest BCUT2D eigenvalue weighted by Gasteiger charge is -2.17. The monoisotopic (exact) mass is 282 g/mol. The average molecular weight is 282 g/mol. The number of rotatable bonds is 5. The van der Waals surface area contributed by atoms with Crippen LogP contribution < -0.4 is 10.1 Å². The van der Waals surface area contributed by atoms with Gasteiger partial charge in [0.1, 0.15) is 5.75 Å². The van der Waals surface area contributed by atoms with Crippen LogP contribution in [0.5, 0.6) is 5.75 Å². The molecule has 0 aliphatic heterocycles. The van der Waals surface area contributed by atoms with E-state index >= 15 is 0 Å². The number of aromatic nitrogens is 1. The van der Waals surface area contributed by atoms with Gasteiger partial charge >= 0.3 is 0 Å². The molecular weight excluding hydrogens is 264 g/mol. The number of amides is 1. The van der Waals surface area contributed by atoms with Gasteiger partial charge in [-0.15, -0.1) is 0 Å². The van der Waals surface area contributed by atoms with Crippen LogP contribution in [0.15, 0.2) is 48.8 Å². The Balaban J connectivity index is 1.65. The fourth-order valence-corrected chi connectivity index (χ4v) is 2.52. The summed E-state index contributed by atoms with van der Waals surface area (Å²) < 4.78 is 5.18. The molecule has 0 saturated heterocycles. The maximum Gasteiger partial charge on any atom is 0.251 e. The molecule has 1 saturated carbocycles. The van der Waals surface area contributed by atoms with E-state index in [2.05, 4.69) is 22.4 Å². The third kappa shape index (κ3) is 2.89. The SMILES string of the molecule is COc1ccc(C2(CNC(=O)c3ccncc3)CC2)cc1. The molecule has 4 nitrogen and oxygen atoms in total. The minimum absolute atomic E-state index is 0.0443. The molecule has 0 unspecified atom stereocenters. The summed E-state index contributed by atoms with van der Waals surface area (Å²) in [5.41, 5.74) is 2.00. The van der Waals surface area contributed by atoms with E-state index < -0.39 is 0 Å². The highest BCUT2D eigenvalue weighted by Crippen LogP contribution is 2.47. The van der Waals surface area contributed by atoms with Crippen molar-refractivity contribution in [3.8, 4) is 5.75 Å². The van der Waals surface area contributed by atoms with Crippen LogP contribution in [0.1, 0.15) is 28.8 Å². The first kappa shape index (κ1) is 13.6. The van der Waals surface area contributed by atoms with Crippen molar-refractivity contribution in [2.75, 3.05) is 13.7 Å².